The van der Waals surface area contributed by atoms with Gasteiger partial charge in [0, 0.05) is 6.07 Å². The van der Waals surface area contributed by atoms with Gasteiger partial charge in [0.05, 0.1) is 12.0 Å². The number of fused-ring (bicyclic) bond motifs is 1. The lowest BCUT2D eigenvalue weighted by atomic mass is 10.2. The van der Waals surface area contributed by atoms with E-state index >= 15 is 0 Å². The van der Waals surface area contributed by atoms with Crippen LogP contribution in [0.4, 0.5) is 4.39 Å². The van der Waals surface area contributed by atoms with Crippen LogP contribution in [0.1, 0.15) is 12.7 Å². The Labute approximate surface area is 91.5 Å². The molecule has 0 N–H and O–H groups in total. The zero-order chi connectivity index (χ0) is 11.5. The summed E-state index contributed by atoms with van der Waals surface area (Å²) in [5, 5.41) is 0.406. The molecule has 0 unspecified atom stereocenters. The van der Waals surface area contributed by atoms with E-state index in [0.717, 1.165) is 6.07 Å². The molecule has 0 atom stereocenters. The molecule has 4 heteroatoms. The van der Waals surface area contributed by atoms with Gasteiger partial charge in [0.1, 0.15) is 23.8 Å². The molecule has 1 aromatic heterocycles. The molecule has 0 aliphatic rings. The molecule has 0 radical (unpaired) electrons. The highest BCUT2D eigenvalue weighted by molar-refractivity contribution is 5.78. The summed E-state index contributed by atoms with van der Waals surface area (Å²) in [5.41, 5.74) is 0.124. The zero-order valence-electron chi connectivity index (χ0n) is 8.83. The molecule has 0 amide bonds. The number of rotatable bonds is 3. The van der Waals surface area contributed by atoms with E-state index in [0.29, 0.717) is 23.3 Å². The van der Waals surface area contributed by atoms with Gasteiger partial charge in [-0.2, -0.15) is 0 Å². The highest BCUT2D eigenvalue weighted by Gasteiger charge is 2.05. The van der Waals surface area contributed by atoms with Crippen molar-refractivity contribution in [3.8, 4) is 5.75 Å². The minimum absolute atomic E-state index is 0.0432. The zero-order valence-corrected chi connectivity index (χ0v) is 8.83. The van der Waals surface area contributed by atoms with E-state index in [1.165, 1.54) is 0 Å². The third-order valence-electron chi connectivity index (χ3n) is 2.19. The molecule has 84 valence electrons. The standard InChI is InChI=1S/C12H11FO3/c1-2-15-8-3-4-12-10(5-8)11(14)6-9(7-13)16-12/h3-6H,2,7H2,1H3. The summed E-state index contributed by atoms with van der Waals surface area (Å²) in [6.07, 6.45) is 0. The SMILES string of the molecule is CCOc1ccc2oc(CF)cc(=O)c2c1. The molecule has 2 rings (SSSR count). The first-order valence-electron chi connectivity index (χ1n) is 5.00. The maximum atomic E-state index is 12.4. The Balaban J connectivity index is 2.61. The van der Waals surface area contributed by atoms with Gasteiger partial charge in [0.25, 0.3) is 0 Å². The molecule has 0 spiro atoms. The Hall–Kier alpha value is -1.84. The quantitative estimate of drug-likeness (QED) is 0.801. The molecule has 0 aliphatic carbocycles. The van der Waals surface area contributed by atoms with Crippen molar-refractivity contribution in [1.29, 1.82) is 0 Å². The fourth-order valence-electron chi connectivity index (χ4n) is 1.51. The molecular weight excluding hydrogens is 211 g/mol. The highest BCUT2D eigenvalue weighted by atomic mass is 19.1. The maximum Gasteiger partial charge on any atom is 0.193 e. The molecule has 16 heavy (non-hydrogen) atoms. The summed E-state index contributed by atoms with van der Waals surface area (Å²) in [6.45, 7) is 1.61. The summed E-state index contributed by atoms with van der Waals surface area (Å²) in [6, 6.07) is 6.07. The van der Waals surface area contributed by atoms with Crippen molar-refractivity contribution in [1.82, 2.24) is 0 Å². The van der Waals surface area contributed by atoms with E-state index in [1.54, 1.807) is 18.2 Å². The van der Waals surface area contributed by atoms with Gasteiger partial charge >= 0.3 is 0 Å². The summed E-state index contributed by atoms with van der Waals surface area (Å²) >= 11 is 0. The third kappa shape index (κ3) is 1.91. The minimum atomic E-state index is -0.779. The van der Waals surface area contributed by atoms with Gasteiger partial charge in [0.2, 0.25) is 0 Å². The van der Waals surface area contributed by atoms with E-state index < -0.39 is 6.67 Å². The van der Waals surface area contributed by atoms with Gasteiger partial charge in [-0.15, -0.1) is 0 Å². The van der Waals surface area contributed by atoms with Crippen LogP contribution in [-0.4, -0.2) is 6.61 Å². The monoisotopic (exact) mass is 222 g/mol. The summed E-state index contributed by atoms with van der Waals surface area (Å²) in [5.74, 6) is 0.650. The van der Waals surface area contributed by atoms with Gasteiger partial charge in [-0.1, -0.05) is 0 Å². The predicted molar refractivity (Wildman–Crippen MR) is 58.5 cm³/mol. The van der Waals surface area contributed by atoms with Crippen LogP contribution in [0.3, 0.4) is 0 Å². The average molecular weight is 222 g/mol. The first-order valence-corrected chi connectivity index (χ1v) is 5.00. The second-order valence-corrected chi connectivity index (χ2v) is 3.30. The second-order valence-electron chi connectivity index (χ2n) is 3.30. The number of alkyl halides is 1. The average Bonchev–Trinajstić information content (AvgIpc) is 2.30. The van der Waals surface area contributed by atoms with E-state index in [4.69, 9.17) is 9.15 Å². The van der Waals surface area contributed by atoms with E-state index in [9.17, 15) is 9.18 Å². The van der Waals surface area contributed by atoms with Crippen LogP contribution in [0.5, 0.6) is 5.75 Å². The van der Waals surface area contributed by atoms with Crippen LogP contribution in [0.2, 0.25) is 0 Å². The Morgan fingerprint density at radius 1 is 1.38 bits per heavy atom. The van der Waals surface area contributed by atoms with Crippen molar-refractivity contribution in [2.45, 2.75) is 13.6 Å². The van der Waals surface area contributed by atoms with Crippen LogP contribution in [-0.2, 0) is 6.67 Å². The molecule has 0 saturated heterocycles. The van der Waals surface area contributed by atoms with Gasteiger partial charge < -0.3 is 9.15 Å². The maximum absolute atomic E-state index is 12.4. The smallest absolute Gasteiger partial charge is 0.193 e. The fourth-order valence-corrected chi connectivity index (χ4v) is 1.51. The first-order chi connectivity index (χ1) is 7.74. The predicted octanol–water partition coefficient (Wildman–Crippen LogP) is 2.66. The molecule has 0 saturated carbocycles. The second kappa shape index (κ2) is 4.35. The van der Waals surface area contributed by atoms with Crippen molar-refractivity contribution in [3.05, 3.63) is 40.2 Å². The Kier molecular flexibility index (Phi) is 2.90. The number of hydrogen-bond acceptors (Lipinski definition) is 3. The minimum Gasteiger partial charge on any atom is -0.494 e. The van der Waals surface area contributed by atoms with Crippen molar-refractivity contribution < 1.29 is 13.5 Å². The molecule has 3 nitrogen and oxygen atoms in total. The molecule has 0 bridgehead atoms. The van der Waals surface area contributed by atoms with E-state index in [1.807, 2.05) is 6.92 Å². The first kappa shape index (κ1) is 10.7. The highest BCUT2D eigenvalue weighted by Crippen LogP contribution is 2.19. The van der Waals surface area contributed by atoms with Crippen LogP contribution < -0.4 is 10.2 Å². The lowest BCUT2D eigenvalue weighted by Gasteiger charge is -2.04. The van der Waals surface area contributed by atoms with E-state index in [2.05, 4.69) is 0 Å². The molecular formula is C12H11FO3. The number of benzene rings is 1. The lowest BCUT2D eigenvalue weighted by Crippen LogP contribution is -2.02. The number of hydrogen-bond donors (Lipinski definition) is 0. The van der Waals surface area contributed by atoms with Crippen LogP contribution in [0.15, 0.2) is 33.5 Å². The van der Waals surface area contributed by atoms with Crippen LogP contribution in [0.25, 0.3) is 11.0 Å². The summed E-state index contributed by atoms with van der Waals surface area (Å²) < 4.78 is 22.8. The largest absolute Gasteiger partial charge is 0.494 e. The Bertz CT molecular complexity index is 560. The Morgan fingerprint density at radius 2 is 2.19 bits per heavy atom. The van der Waals surface area contributed by atoms with Crippen molar-refractivity contribution in [2.24, 2.45) is 0 Å². The van der Waals surface area contributed by atoms with E-state index in [-0.39, 0.29) is 11.2 Å². The molecule has 2 aromatic rings. The summed E-state index contributed by atoms with van der Waals surface area (Å²) in [4.78, 5) is 11.6. The number of halogens is 1. The topological polar surface area (TPSA) is 39.4 Å². The van der Waals surface area contributed by atoms with Gasteiger partial charge in [-0.05, 0) is 25.1 Å². The van der Waals surface area contributed by atoms with Gasteiger partial charge in [0.15, 0.2) is 5.43 Å². The van der Waals surface area contributed by atoms with Crippen molar-refractivity contribution in [3.63, 3.8) is 0 Å². The molecule has 1 aromatic carbocycles. The van der Waals surface area contributed by atoms with Crippen LogP contribution >= 0.6 is 0 Å². The third-order valence-corrected chi connectivity index (χ3v) is 2.19. The van der Waals surface area contributed by atoms with Crippen LogP contribution in [0, 0.1) is 0 Å². The lowest BCUT2D eigenvalue weighted by molar-refractivity contribution is 0.340. The summed E-state index contributed by atoms with van der Waals surface area (Å²) in [7, 11) is 0. The molecule has 0 aliphatic heterocycles. The van der Waals surface area contributed by atoms with Gasteiger partial charge in [-0.25, -0.2) is 4.39 Å². The normalized spacial score (nSPS) is 10.6. The van der Waals surface area contributed by atoms with Crippen molar-refractivity contribution >= 4 is 11.0 Å². The van der Waals surface area contributed by atoms with Gasteiger partial charge in [-0.3, -0.25) is 4.79 Å². The van der Waals surface area contributed by atoms with Crippen molar-refractivity contribution in [2.75, 3.05) is 6.61 Å². The fraction of sp³-hybridized carbons (Fsp3) is 0.250. The number of ether oxygens (including phenoxy) is 1. The molecule has 1 heterocycles. The Morgan fingerprint density at radius 3 is 2.88 bits per heavy atom. The molecule has 0 fully saturated rings.